The second-order valence-electron chi connectivity index (χ2n) is 4.61. The number of nitrogen functional groups attached to an aromatic ring is 1. The Morgan fingerprint density at radius 2 is 2.24 bits per heavy atom. The van der Waals surface area contributed by atoms with Gasteiger partial charge in [0.2, 0.25) is 0 Å². The summed E-state index contributed by atoms with van der Waals surface area (Å²) < 4.78 is 6.24. The highest BCUT2D eigenvalue weighted by Crippen LogP contribution is 2.41. The summed E-state index contributed by atoms with van der Waals surface area (Å²) in [5.74, 6) is 4.09. The number of ether oxygens (including phenoxy) is 1. The van der Waals surface area contributed by atoms with Crippen molar-refractivity contribution in [3.8, 4) is 11.8 Å². The van der Waals surface area contributed by atoms with E-state index >= 15 is 0 Å². The average Bonchev–Trinajstić information content (AvgIpc) is 2.71. The second-order valence-corrected chi connectivity index (χ2v) is 4.61. The summed E-state index contributed by atoms with van der Waals surface area (Å²) in [6.07, 6.45) is -1.07. The molecule has 9 heteroatoms. The van der Waals surface area contributed by atoms with Gasteiger partial charge >= 0.3 is 5.69 Å². The number of aliphatic hydroxyl groups excluding tert-OH is 2. The molecule has 1 fully saturated rings. The average molecular weight is 296 g/mol. The number of rotatable bonds is 3. The standard InChI is InChI=1S/C12H16N4O5/c1-2-3-12(20)7(5-17)8(6-18)21-10(12)16-11(19)15-9(13)4-14-16/h4,7-8,10,17-18,20H,5-6H2,1H3,(H2,13,15,19)/t7?,8-,10-,12?/m1/s1. The van der Waals surface area contributed by atoms with Crippen molar-refractivity contribution in [2.24, 2.45) is 5.92 Å². The van der Waals surface area contributed by atoms with Crippen LogP contribution in [0.15, 0.2) is 11.0 Å². The van der Waals surface area contributed by atoms with Crippen LogP contribution in [-0.2, 0) is 4.74 Å². The maximum absolute atomic E-state index is 11.9. The van der Waals surface area contributed by atoms with Gasteiger partial charge in [0, 0.05) is 0 Å². The molecule has 0 amide bonds. The smallest absolute Gasteiger partial charge is 0.368 e. The van der Waals surface area contributed by atoms with Crippen molar-refractivity contribution in [1.29, 1.82) is 0 Å². The minimum absolute atomic E-state index is 0.0724. The molecular weight excluding hydrogens is 280 g/mol. The van der Waals surface area contributed by atoms with E-state index in [1.54, 1.807) is 0 Å². The zero-order valence-corrected chi connectivity index (χ0v) is 11.3. The van der Waals surface area contributed by atoms with E-state index in [1.807, 2.05) is 0 Å². The molecule has 9 nitrogen and oxygen atoms in total. The van der Waals surface area contributed by atoms with E-state index in [1.165, 1.54) is 6.92 Å². The molecule has 2 rings (SSSR count). The minimum atomic E-state index is -1.88. The highest BCUT2D eigenvalue weighted by atomic mass is 16.6. The molecular formula is C12H16N4O5. The molecule has 5 N–H and O–H groups in total. The Kier molecular flexibility index (Phi) is 4.24. The first-order chi connectivity index (χ1) is 9.97. The van der Waals surface area contributed by atoms with Gasteiger partial charge in [-0.05, 0) is 6.92 Å². The third-order valence-corrected chi connectivity index (χ3v) is 3.35. The Balaban J connectivity index is 2.54. The van der Waals surface area contributed by atoms with E-state index in [0.29, 0.717) is 0 Å². The molecule has 0 saturated carbocycles. The minimum Gasteiger partial charge on any atom is -0.396 e. The molecule has 1 aliphatic rings. The van der Waals surface area contributed by atoms with Crippen molar-refractivity contribution < 1.29 is 20.1 Å². The van der Waals surface area contributed by atoms with Crippen LogP contribution in [0.1, 0.15) is 13.2 Å². The van der Waals surface area contributed by atoms with E-state index in [-0.39, 0.29) is 5.82 Å². The number of aliphatic hydroxyl groups is 3. The molecule has 21 heavy (non-hydrogen) atoms. The molecule has 2 unspecified atom stereocenters. The zero-order chi connectivity index (χ0) is 15.6. The van der Waals surface area contributed by atoms with Crippen molar-refractivity contribution in [3.05, 3.63) is 16.7 Å². The predicted octanol–water partition coefficient (Wildman–Crippen LogP) is -2.53. The molecule has 0 aromatic carbocycles. The number of nitrogens with two attached hydrogens (primary N) is 1. The van der Waals surface area contributed by atoms with E-state index in [2.05, 4.69) is 21.9 Å². The third kappa shape index (κ3) is 2.50. The molecule has 4 atom stereocenters. The van der Waals surface area contributed by atoms with Gasteiger partial charge in [-0.1, -0.05) is 5.92 Å². The summed E-state index contributed by atoms with van der Waals surface area (Å²) in [7, 11) is 0. The summed E-state index contributed by atoms with van der Waals surface area (Å²) >= 11 is 0. The summed E-state index contributed by atoms with van der Waals surface area (Å²) in [6.45, 7) is 0.559. The van der Waals surface area contributed by atoms with Crippen molar-refractivity contribution >= 4 is 5.82 Å². The predicted molar refractivity (Wildman–Crippen MR) is 70.7 cm³/mol. The lowest BCUT2D eigenvalue weighted by molar-refractivity contribution is -0.0823. The fourth-order valence-corrected chi connectivity index (χ4v) is 2.38. The van der Waals surface area contributed by atoms with Crippen molar-refractivity contribution in [1.82, 2.24) is 14.8 Å². The summed E-state index contributed by atoms with van der Waals surface area (Å²) in [5, 5.41) is 33.3. The first kappa shape index (κ1) is 15.4. The van der Waals surface area contributed by atoms with Crippen LogP contribution in [0.25, 0.3) is 0 Å². The third-order valence-electron chi connectivity index (χ3n) is 3.35. The quantitative estimate of drug-likeness (QED) is 0.447. The largest absolute Gasteiger partial charge is 0.396 e. The van der Waals surface area contributed by atoms with Crippen molar-refractivity contribution in [2.45, 2.75) is 24.9 Å². The SMILES string of the molecule is CC#CC1(O)C(CO)[C@@H](CO)O[C@H]1n1ncc(N)nc1=O. The summed E-state index contributed by atoms with van der Waals surface area (Å²) in [6, 6.07) is 0. The lowest BCUT2D eigenvalue weighted by atomic mass is 9.86. The molecule has 1 aromatic heterocycles. The second kappa shape index (κ2) is 5.79. The molecule has 114 valence electrons. The van der Waals surface area contributed by atoms with E-state index in [4.69, 9.17) is 10.5 Å². The van der Waals surface area contributed by atoms with Crippen LogP contribution in [0.3, 0.4) is 0 Å². The summed E-state index contributed by atoms with van der Waals surface area (Å²) in [5.41, 5.74) is 2.65. The molecule has 1 aromatic rings. The van der Waals surface area contributed by atoms with Crippen LogP contribution in [0.2, 0.25) is 0 Å². The Morgan fingerprint density at radius 3 is 2.76 bits per heavy atom. The lowest BCUT2D eigenvalue weighted by Crippen LogP contribution is -2.46. The summed E-state index contributed by atoms with van der Waals surface area (Å²) in [4.78, 5) is 15.4. The molecule has 0 spiro atoms. The normalized spacial score (nSPS) is 31.7. The number of aromatic nitrogens is 3. The van der Waals surface area contributed by atoms with Gasteiger partial charge in [0.05, 0.1) is 31.4 Å². The molecule has 0 bridgehead atoms. The van der Waals surface area contributed by atoms with Crippen LogP contribution in [0, 0.1) is 17.8 Å². The number of nitrogens with zero attached hydrogens (tertiary/aromatic N) is 3. The number of anilines is 1. The molecule has 1 saturated heterocycles. The van der Waals surface area contributed by atoms with Crippen LogP contribution in [0.4, 0.5) is 5.82 Å². The first-order valence-corrected chi connectivity index (χ1v) is 6.22. The molecule has 1 aliphatic heterocycles. The van der Waals surface area contributed by atoms with Gasteiger partial charge in [0.15, 0.2) is 11.8 Å². The van der Waals surface area contributed by atoms with Crippen LogP contribution in [0.5, 0.6) is 0 Å². The Morgan fingerprint density at radius 1 is 1.52 bits per heavy atom. The maximum atomic E-state index is 11.9. The van der Waals surface area contributed by atoms with Crippen molar-refractivity contribution in [2.75, 3.05) is 18.9 Å². The fourth-order valence-electron chi connectivity index (χ4n) is 2.38. The topological polar surface area (TPSA) is 144 Å². The Labute approximate surface area is 120 Å². The molecule has 0 aliphatic carbocycles. The lowest BCUT2D eigenvalue weighted by Gasteiger charge is -2.27. The zero-order valence-electron chi connectivity index (χ0n) is 11.3. The van der Waals surface area contributed by atoms with Gasteiger partial charge in [0.1, 0.15) is 5.82 Å². The highest BCUT2D eigenvalue weighted by molar-refractivity contribution is 5.22. The Bertz CT molecular complexity index is 637. The number of hydrogen-bond acceptors (Lipinski definition) is 8. The monoisotopic (exact) mass is 296 g/mol. The van der Waals surface area contributed by atoms with Gasteiger partial charge in [0.25, 0.3) is 0 Å². The van der Waals surface area contributed by atoms with Crippen LogP contribution >= 0.6 is 0 Å². The fraction of sp³-hybridized carbons (Fsp3) is 0.583. The first-order valence-electron chi connectivity index (χ1n) is 6.22. The van der Waals surface area contributed by atoms with Gasteiger partial charge in [-0.3, -0.25) is 0 Å². The van der Waals surface area contributed by atoms with E-state index in [9.17, 15) is 20.1 Å². The van der Waals surface area contributed by atoms with Crippen molar-refractivity contribution in [3.63, 3.8) is 0 Å². The highest BCUT2D eigenvalue weighted by Gasteiger charge is 2.56. The van der Waals surface area contributed by atoms with Gasteiger partial charge in [-0.25, -0.2) is 4.79 Å². The molecule has 0 radical (unpaired) electrons. The van der Waals surface area contributed by atoms with Crippen LogP contribution < -0.4 is 11.4 Å². The maximum Gasteiger partial charge on any atom is 0.368 e. The van der Waals surface area contributed by atoms with Crippen LogP contribution in [-0.4, -0.2) is 55.0 Å². The van der Waals surface area contributed by atoms with Gasteiger partial charge in [-0.15, -0.1) is 5.92 Å². The van der Waals surface area contributed by atoms with E-state index < -0.39 is 42.8 Å². The van der Waals surface area contributed by atoms with Gasteiger partial charge in [-0.2, -0.15) is 14.8 Å². The van der Waals surface area contributed by atoms with Gasteiger partial charge < -0.3 is 25.8 Å². The van der Waals surface area contributed by atoms with E-state index in [0.717, 1.165) is 10.9 Å². The number of hydrogen-bond donors (Lipinski definition) is 4. The Hall–Kier alpha value is -1.99. The molecule has 2 heterocycles.